The van der Waals surface area contributed by atoms with Gasteiger partial charge in [0.15, 0.2) is 11.6 Å². The van der Waals surface area contributed by atoms with E-state index in [1.807, 2.05) is 24.3 Å². The van der Waals surface area contributed by atoms with Gasteiger partial charge in [-0.25, -0.2) is 0 Å². The third-order valence-corrected chi connectivity index (χ3v) is 4.83. The molecule has 0 saturated heterocycles. The second-order valence-corrected chi connectivity index (χ2v) is 5.79. The summed E-state index contributed by atoms with van der Waals surface area (Å²) in [5.74, 6) is 4.30. The van der Waals surface area contributed by atoms with Crippen LogP contribution in [0.5, 0.6) is 5.75 Å². The molecule has 4 rings (SSSR count). The monoisotopic (exact) mass is 270 g/mol. The summed E-state index contributed by atoms with van der Waals surface area (Å²) in [6.07, 6.45) is 3.96. The van der Waals surface area contributed by atoms with E-state index in [1.54, 1.807) is 7.11 Å². The summed E-state index contributed by atoms with van der Waals surface area (Å²) >= 11 is 0. The fourth-order valence-corrected chi connectivity index (χ4v) is 3.88. The van der Waals surface area contributed by atoms with E-state index >= 15 is 0 Å². The van der Waals surface area contributed by atoms with Crippen molar-refractivity contribution in [1.82, 2.24) is 5.16 Å². The van der Waals surface area contributed by atoms with Crippen molar-refractivity contribution in [2.24, 2.45) is 11.8 Å². The van der Waals surface area contributed by atoms with Crippen LogP contribution in [0.15, 0.2) is 28.8 Å². The molecule has 0 radical (unpaired) electrons. The highest BCUT2D eigenvalue weighted by Crippen LogP contribution is 2.64. The molecule has 104 valence electrons. The smallest absolute Gasteiger partial charge is 0.175 e. The molecule has 2 N–H and O–H groups in total. The predicted molar refractivity (Wildman–Crippen MR) is 76.5 cm³/mol. The molecule has 2 atom stereocenters. The Morgan fingerprint density at radius 1 is 1.25 bits per heavy atom. The first-order valence-corrected chi connectivity index (χ1v) is 7.19. The maximum atomic E-state index is 6.05. The fourth-order valence-electron chi connectivity index (χ4n) is 3.88. The molecular weight excluding hydrogens is 252 g/mol. The average molecular weight is 270 g/mol. The molecule has 20 heavy (non-hydrogen) atoms. The highest BCUT2D eigenvalue weighted by atomic mass is 16.5. The van der Waals surface area contributed by atoms with Gasteiger partial charge in [0.1, 0.15) is 5.75 Å². The van der Waals surface area contributed by atoms with E-state index in [0.29, 0.717) is 11.7 Å². The minimum absolute atomic E-state index is 0.467. The van der Waals surface area contributed by atoms with Gasteiger partial charge in [-0.05, 0) is 30.7 Å². The minimum atomic E-state index is 0.467. The Morgan fingerprint density at radius 2 is 2.00 bits per heavy atom. The molecular formula is C16H18N2O2. The van der Waals surface area contributed by atoms with Gasteiger partial charge in [-0.2, -0.15) is 0 Å². The van der Waals surface area contributed by atoms with E-state index in [4.69, 9.17) is 15.0 Å². The van der Waals surface area contributed by atoms with Gasteiger partial charge in [-0.3, -0.25) is 0 Å². The SMILES string of the molecule is COc1ccccc1-c1c(N)noc1C1C2CCCC21. The number of anilines is 1. The summed E-state index contributed by atoms with van der Waals surface area (Å²) in [5, 5.41) is 4.00. The normalized spacial score (nSPS) is 27.4. The van der Waals surface area contributed by atoms with Crippen molar-refractivity contribution < 1.29 is 9.26 Å². The lowest BCUT2D eigenvalue weighted by molar-refractivity contribution is 0.376. The Balaban J connectivity index is 1.80. The Morgan fingerprint density at radius 3 is 2.75 bits per heavy atom. The summed E-state index contributed by atoms with van der Waals surface area (Å²) in [6.45, 7) is 0. The molecule has 2 aromatic rings. The van der Waals surface area contributed by atoms with Crippen molar-refractivity contribution in [3.05, 3.63) is 30.0 Å². The molecule has 1 aromatic carbocycles. The fraction of sp³-hybridized carbons (Fsp3) is 0.438. The van der Waals surface area contributed by atoms with Gasteiger partial charge in [-0.1, -0.05) is 29.8 Å². The standard InChI is InChI=1S/C16H18N2O2/c1-19-12-8-3-2-5-11(12)14-15(20-18-16(14)17)13-9-6-4-7-10(9)13/h2-3,5,8-10,13H,4,6-7H2,1H3,(H2,17,18). The first-order chi connectivity index (χ1) is 9.81. The van der Waals surface area contributed by atoms with Gasteiger partial charge < -0.3 is 15.0 Å². The average Bonchev–Trinajstić information content (AvgIpc) is 2.84. The van der Waals surface area contributed by atoms with Crippen LogP contribution in [0.1, 0.15) is 30.9 Å². The van der Waals surface area contributed by atoms with Crippen molar-refractivity contribution in [2.45, 2.75) is 25.2 Å². The highest BCUT2D eigenvalue weighted by Gasteiger charge is 2.56. The van der Waals surface area contributed by atoms with Crippen molar-refractivity contribution in [1.29, 1.82) is 0 Å². The van der Waals surface area contributed by atoms with Crippen LogP contribution in [0.3, 0.4) is 0 Å². The molecule has 0 aliphatic heterocycles. The molecule has 2 aliphatic carbocycles. The molecule has 4 heteroatoms. The van der Waals surface area contributed by atoms with Crippen molar-refractivity contribution in [3.63, 3.8) is 0 Å². The quantitative estimate of drug-likeness (QED) is 0.928. The first-order valence-electron chi connectivity index (χ1n) is 7.19. The molecule has 1 heterocycles. The number of hydrogen-bond acceptors (Lipinski definition) is 4. The summed E-state index contributed by atoms with van der Waals surface area (Å²) < 4.78 is 11.0. The Labute approximate surface area is 117 Å². The number of methoxy groups -OCH3 is 1. The largest absolute Gasteiger partial charge is 0.496 e. The van der Waals surface area contributed by atoms with Crippen molar-refractivity contribution >= 4 is 5.82 Å². The van der Waals surface area contributed by atoms with Crippen LogP contribution in [0.2, 0.25) is 0 Å². The lowest BCUT2D eigenvalue weighted by Crippen LogP contribution is -1.95. The molecule has 2 fully saturated rings. The van der Waals surface area contributed by atoms with E-state index < -0.39 is 0 Å². The molecule has 0 bridgehead atoms. The number of rotatable bonds is 3. The van der Waals surface area contributed by atoms with Crippen LogP contribution < -0.4 is 10.5 Å². The molecule has 1 aromatic heterocycles. The lowest BCUT2D eigenvalue weighted by atomic mass is 9.99. The van der Waals surface area contributed by atoms with Crippen LogP contribution in [-0.4, -0.2) is 12.3 Å². The van der Waals surface area contributed by atoms with Crippen LogP contribution in [-0.2, 0) is 0 Å². The van der Waals surface area contributed by atoms with Gasteiger partial charge in [0.25, 0.3) is 0 Å². The number of nitrogen functional groups attached to an aromatic ring is 1. The predicted octanol–water partition coefficient (Wildman–Crippen LogP) is 3.45. The van der Waals surface area contributed by atoms with Gasteiger partial charge in [0.05, 0.1) is 12.7 Å². The first kappa shape index (κ1) is 11.8. The number of ether oxygens (including phenoxy) is 1. The maximum Gasteiger partial charge on any atom is 0.175 e. The molecule has 2 unspecified atom stereocenters. The number of nitrogens with zero attached hydrogens (tertiary/aromatic N) is 1. The third-order valence-electron chi connectivity index (χ3n) is 4.83. The van der Waals surface area contributed by atoms with Crippen LogP contribution in [0.25, 0.3) is 11.1 Å². The van der Waals surface area contributed by atoms with Crippen LogP contribution >= 0.6 is 0 Å². The van der Waals surface area contributed by atoms with Gasteiger partial charge in [0.2, 0.25) is 0 Å². The molecule has 2 saturated carbocycles. The Hall–Kier alpha value is -1.97. The molecule has 2 aliphatic rings. The van der Waals surface area contributed by atoms with E-state index in [-0.39, 0.29) is 0 Å². The Bertz CT molecular complexity index is 640. The van der Waals surface area contributed by atoms with E-state index in [0.717, 1.165) is 34.5 Å². The number of hydrogen-bond donors (Lipinski definition) is 1. The summed E-state index contributed by atoms with van der Waals surface area (Å²) in [7, 11) is 1.67. The summed E-state index contributed by atoms with van der Waals surface area (Å²) in [6, 6.07) is 7.90. The highest BCUT2D eigenvalue weighted by molar-refractivity contribution is 5.80. The number of fused-ring (bicyclic) bond motifs is 1. The summed E-state index contributed by atoms with van der Waals surface area (Å²) in [4.78, 5) is 0. The minimum Gasteiger partial charge on any atom is -0.496 e. The molecule has 4 nitrogen and oxygen atoms in total. The third kappa shape index (κ3) is 1.57. The number of benzene rings is 1. The second kappa shape index (κ2) is 4.27. The zero-order valence-corrected chi connectivity index (χ0v) is 11.5. The number of aromatic nitrogens is 1. The van der Waals surface area contributed by atoms with Crippen LogP contribution in [0, 0.1) is 11.8 Å². The maximum absolute atomic E-state index is 6.05. The second-order valence-electron chi connectivity index (χ2n) is 5.79. The topological polar surface area (TPSA) is 61.3 Å². The van der Waals surface area contributed by atoms with Crippen LogP contribution in [0.4, 0.5) is 5.82 Å². The van der Waals surface area contributed by atoms with Gasteiger partial charge >= 0.3 is 0 Å². The molecule has 0 amide bonds. The van der Waals surface area contributed by atoms with E-state index in [9.17, 15) is 0 Å². The molecule has 0 spiro atoms. The number of nitrogens with two attached hydrogens (primary N) is 1. The number of para-hydroxylation sites is 1. The summed E-state index contributed by atoms with van der Waals surface area (Å²) in [5.41, 5.74) is 7.97. The van der Waals surface area contributed by atoms with Gasteiger partial charge in [-0.15, -0.1) is 0 Å². The van der Waals surface area contributed by atoms with Crippen molar-refractivity contribution in [2.75, 3.05) is 12.8 Å². The van der Waals surface area contributed by atoms with E-state index in [1.165, 1.54) is 19.3 Å². The van der Waals surface area contributed by atoms with E-state index in [2.05, 4.69) is 5.16 Å². The lowest BCUT2D eigenvalue weighted by Gasteiger charge is -2.09. The van der Waals surface area contributed by atoms with Gasteiger partial charge in [0, 0.05) is 11.5 Å². The zero-order valence-electron chi connectivity index (χ0n) is 11.5. The Kier molecular flexibility index (Phi) is 2.52. The zero-order chi connectivity index (χ0) is 13.7. The van der Waals surface area contributed by atoms with Crippen molar-refractivity contribution in [3.8, 4) is 16.9 Å².